The number of hydrogen-bond acceptors (Lipinski definition) is 5. The minimum absolute atomic E-state index is 0.202. The SMILES string of the molecule is COC(=O)C(C=O)OC(C)=O. The van der Waals surface area contributed by atoms with Crippen molar-refractivity contribution in [2.75, 3.05) is 7.11 Å². The quantitative estimate of drug-likeness (QED) is 0.310. The summed E-state index contributed by atoms with van der Waals surface area (Å²) in [4.78, 5) is 30.9. The van der Waals surface area contributed by atoms with E-state index in [2.05, 4.69) is 9.47 Å². The molecule has 0 aliphatic carbocycles. The maximum absolute atomic E-state index is 10.5. The molecule has 0 rings (SSSR count). The molecule has 0 bridgehead atoms. The van der Waals surface area contributed by atoms with Crippen LogP contribution in [0.1, 0.15) is 6.92 Å². The Morgan fingerprint density at radius 2 is 2.00 bits per heavy atom. The fourth-order valence-electron chi connectivity index (χ4n) is 0.426. The summed E-state index contributed by atoms with van der Waals surface area (Å²) in [6, 6.07) is 0. The molecular formula is C6H8O5. The molecule has 0 N–H and O–H groups in total. The number of methoxy groups -OCH3 is 1. The van der Waals surface area contributed by atoms with Gasteiger partial charge >= 0.3 is 11.9 Å². The Hall–Kier alpha value is -1.39. The van der Waals surface area contributed by atoms with E-state index >= 15 is 0 Å². The molecule has 0 amide bonds. The fraction of sp³-hybridized carbons (Fsp3) is 0.500. The van der Waals surface area contributed by atoms with Gasteiger partial charge in [0.05, 0.1) is 7.11 Å². The number of esters is 2. The molecule has 0 spiro atoms. The summed E-state index contributed by atoms with van der Waals surface area (Å²) >= 11 is 0. The maximum atomic E-state index is 10.5. The number of aldehydes is 1. The van der Waals surface area contributed by atoms with E-state index in [0.717, 1.165) is 14.0 Å². The van der Waals surface area contributed by atoms with Gasteiger partial charge in [0.25, 0.3) is 6.10 Å². The third kappa shape index (κ3) is 3.34. The number of carbonyl (C=O) groups is 3. The molecule has 0 radical (unpaired) electrons. The van der Waals surface area contributed by atoms with Crippen molar-refractivity contribution < 1.29 is 23.9 Å². The van der Waals surface area contributed by atoms with Crippen LogP contribution in [-0.2, 0) is 23.9 Å². The van der Waals surface area contributed by atoms with Gasteiger partial charge in [0.2, 0.25) is 0 Å². The van der Waals surface area contributed by atoms with Crippen molar-refractivity contribution in [3.8, 4) is 0 Å². The van der Waals surface area contributed by atoms with Gasteiger partial charge in [0.1, 0.15) is 0 Å². The Morgan fingerprint density at radius 3 is 2.27 bits per heavy atom. The van der Waals surface area contributed by atoms with Gasteiger partial charge in [-0.25, -0.2) is 4.79 Å². The first-order valence-corrected chi connectivity index (χ1v) is 2.82. The van der Waals surface area contributed by atoms with Gasteiger partial charge in [-0.05, 0) is 0 Å². The van der Waals surface area contributed by atoms with Crippen LogP contribution >= 0.6 is 0 Å². The van der Waals surface area contributed by atoms with Crippen LogP contribution in [0.15, 0.2) is 0 Å². The molecule has 0 aliphatic heterocycles. The zero-order chi connectivity index (χ0) is 8.85. The number of ether oxygens (including phenoxy) is 2. The standard InChI is InChI=1S/C6H8O5/c1-4(8)11-5(3-7)6(9)10-2/h3,5H,1-2H3. The molecule has 62 valence electrons. The van der Waals surface area contributed by atoms with Gasteiger partial charge < -0.3 is 9.47 Å². The Morgan fingerprint density at radius 1 is 1.45 bits per heavy atom. The molecular weight excluding hydrogens is 152 g/mol. The van der Waals surface area contributed by atoms with E-state index < -0.39 is 18.0 Å². The van der Waals surface area contributed by atoms with Crippen LogP contribution in [0.3, 0.4) is 0 Å². The van der Waals surface area contributed by atoms with E-state index in [1.807, 2.05) is 0 Å². The minimum Gasteiger partial charge on any atom is -0.466 e. The van der Waals surface area contributed by atoms with E-state index in [4.69, 9.17) is 0 Å². The average molecular weight is 160 g/mol. The van der Waals surface area contributed by atoms with Crippen LogP contribution in [0, 0.1) is 0 Å². The Kier molecular flexibility index (Phi) is 3.87. The van der Waals surface area contributed by atoms with Crippen molar-refractivity contribution in [3.05, 3.63) is 0 Å². The number of hydrogen-bond donors (Lipinski definition) is 0. The van der Waals surface area contributed by atoms with Gasteiger partial charge in [-0.2, -0.15) is 0 Å². The van der Waals surface area contributed by atoms with Gasteiger partial charge in [-0.1, -0.05) is 0 Å². The summed E-state index contributed by atoms with van der Waals surface area (Å²) in [5, 5.41) is 0. The highest BCUT2D eigenvalue weighted by molar-refractivity contribution is 5.92. The van der Waals surface area contributed by atoms with Crippen LogP contribution in [-0.4, -0.2) is 31.4 Å². The Balaban J connectivity index is 4.05. The first-order chi connectivity index (χ1) is 5.11. The van der Waals surface area contributed by atoms with E-state index in [-0.39, 0.29) is 6.29 Å². The third-order valence-electron chi connectivity index (χ3n) is 0.850. The molecule has 11 heavy (non-hydrogen) atoms. The molecule has 5 nitrogen and oxygen atoms in total. The lowest BCUT2D eigenvalue weighted by molar-refractivity contribution is -0.165. The van der Waals surface area contributed by atoms with Crippen LogP contribution < -0.4 is 0 Å². The second-order valence-electron chi connectivity index (χ2n) is 1.69. The van der Waals surface area contributed by atoms with Crippen LogP contribution in [0.5, 0.6) is 0 Å². The van der Waals surface area contributed by atoms with E-state index in [0.29, 0.717) is 0 Å². The molecule has 1 unspecified atom stereocenters. The average Bonchev–Trinajstić information content (AvgIpc) is 1.98. The lowest BCUT2D eigenvalue weighted by atomic mass is 10.4. The first-order valence-electron chi connectivity index (χ1n) is 2.82. The van der Waals surface area contributed by atoms with Crippen LogP contribution in [0.2, 0.25) is 0 Å². The van der Waals surface area contributed by atoms with Gasteiger partial charge in [0, 0.05) is 6.92 Å². The van der Waals surface area contributed by atoms with E-state index in [9.17, 15) is 14.4 Å². The summed E-state index contributed by atoms with van der Waals surface area (Å²) in [6.07, 6.45) is -1.23. The molecule has 0 saturated carbocycles. The summed E-state index contributed by atoms with van der Waals surface area (Å²) in [5.41, 5.74) is 0. The summed E-state index contributed by atoms with van der Waals surface area (Å²) < 4.78 is 8.43. The van der Waals surface area contributed by atoms with Gasteiger partial charge in [-0.3, -0.25) is 9.59 Å². The maximum Gasteiger partial charge on any atom is 0.354 e. The summed E-state index contributed by atoms with van der Waals surface area (Å²) in [5.74, 6) is -1.58. The molecule has 0 aromatic heterocycles. The Bertz CT molecular complexity index is 174. The van der Waals surface area contributed by atoms with E-state index in [1.54, 1.807) is 0 Å². The van der Waals surface area contributed by atoms with Crippen molar-refractivity contribution in [3.63, 3.8) is 0 Å². The molecule has 0 saturated heterocycles. The zero-order valence-electron chi connectivity index (χ0n) is 6.20. The number of carbonyl (C=O) groups excluding carboxylic acids is 3. The topological polar surface area (TPSA) is 69.7 Å². The predicted molar refractivity (Wildman–Crippen MR) is 33.6 cm³/mol. The molecule has 0 aromatic carbocycles. The highest BCUT2D eigenvalue weighted by Crippen LogP contribution is 1.91. The highest BCUT2D eigenvalue weighted by Gasteiger charge is 2.20. The monoisotopic (exact) mass is 160 g/mol. The minimum atomic E-state index is -1.43. The van der Waals surface area contributed by atoms with Crippen molar-refractivity contribution >= 4 is 18.2 Å². The molecule has 0 fully saturated rings. The largest absolute Gasteiger partial charge is 0.466 e. The normalized spacial score (nSPS) is 11.5. The van der Waals surface area contributed by atoms with Crippen molar-refractivity contribution in [1.82, 2.24) is 0 Å². The van der Waals surface area contributed by atoms with Gasteiger partial charge in [0.15, 0.2) is 6.29 Å². The molecule has 1 atom stereocenters. The first kappa shape index (κ1) is 9.61. The second kappa shape index (κ2) is 4.43. The second-order valence-corrected chi connectivity index (χ2v) is 1.69. The zero-order valence-corrected chi connectivity index (χ0v) is 6.20. The van der Waals surface area contributed by atoms with Crippen molar-refractivity contribution in [2.45, 2.75) is 13.0 Å². The third-order valence-corrected chi connectivity index (χ3v) is 0.850. The van der Waals surface area contributed by atoms with Crippen LogP contribution in [0.4, 0.5) is 0 Å². The lowest BCUT2D eigenvalue weighted by Gasteiger charge is -2.06. The Labute approximate surface area is 63.3 Å². The van der Waals surface area contributed by atoms with Crippen LogP contribution in [0.25, 0.3) is 0 Å². The molecule has 0 aromatic rings. The summed E-state index contributed by atoms with van der Waals surface area (Å²) in [6.45, 7) is 1.10. The van der Waals surface area contributed by atoms with Crippen molar-refractivity contribution in [1.29, 1.82) is 0 Å². The summed E-state index contributed by atoms with van der Waals surface area (Å²) in [7, 11) is 1.10. The van der Waals surface area contributed by atoms with Crippen molar-refractivity contribution in [2.24, 2.45) is 0 Å². The number of rotatable bonds is 3. The predicted octanol–water partition coefficient (Wildman–Crippen LogP) is -0.710. The highest BCUT2D eigenvalue weighted by atomic mass is 16.6. The smallest absolute Gasteiger partial charge is 0.354 e. The van der Waals surface area contributed by atoms with E-state index in [1.165, 1.54) is 0 Å². The lowest BCUT2D eigenvalue weighted by Crippen LogP contribution is -2.28. The molecule has 0 aliphatic rings. The molecule has 0 heterocycles. The van der Waals surface area contributed by atoms with Gasteiger partial charge in [-0.15, -0.1) is 0 Å². The molecule has 5 heteroatoms. The fourth-order valence-corrected chi connectivity index (χ4v) is 0.426.